The van der Waals surface area contributed by atoms with Crippen molar-refractivity contribution in [2.45, 2.75) is 6.61 Å². The van der Waals surface area contributed by atoms with Crippen LogP contribution in [0.1, 0.15) is 21.9 Å². The first kappa shape index (κ1) is 16.9. The van der Waals surface area contributed by atoms with E-state index in [1.165, 1.54) is 18.2 Å². The Kier molecular flexibility index (Phi) is 5.21. The molecule has 0 saturated carbocycles. The maximum absolute atomic E-state index is 12.0. The number of allylic oxidation sites excluding steroid dienone is 1. The molecule has 0 bridgehead atoms. The molecule has 0 spiro atoms. The van der Waals surface area contributed by atoms with Gasteiger partial charge in [0.05, 0.1) is 0 Å². The van der Waals surface area contributed by atoms with Crippen molar-refractivity contribution in [3.8, 4) is 11.5 Å². The van der Waals surface area contributed by atoms with Crippen molar-refractivity contribution in [3.63, 3.8) is 0 Å². The lowest BCUT2D eigenvalue weighted by molar-refractivity contribution is 0.104. The van der Waals surface area contributed by atoms with Crippen molar-refractivity contribution in [1.29, 1.82) is 0 Å². The standard InChI is InChI=1S/C20H15ClO4/c21-15-3-7-17(8-4-15)24-13-19-10-9-18(25-19)11-12-20(23)14-1-5-16(22)6-2-14/h1-12,22H,13H2/b12-11+. The van der Waals surface area contributed by atoms with E-state index in [0.717, 1.165) is 0 Å². The number of phenolic OH excluding ortho intramolecular Hbond substituents is 1. The summed E-state index contributed by atoms with van der Waals surface area (Å²) in [4.78, 5) is 12.0. The lowest BCUT2D eigenvalue weighted by Gasteiger charge is -2.03. The third-order valence-corrected chi connectivity index (χ3v) is 3.68. The second-order valence-corrected chi connectivity index (χ2v) is 5.73. The van der Waals surface area contributed by atoms with Crippen LogP contribution in [0.15, 0.2) is 71.2 Å². The SMILES string of the molecule is O=C(/C=C/c1ccc(COc2ccc(Cl)cc2)o1)c1ccc(O)cc1. The van der Waals surface area contributed by atoms with Gasteiger partial charge in [0.25, 0.3) is 0 Å². The highest BCUT2D eigenvalue weighted by atomic mass is 35.5. The Labute approximate surface area is 149 Å². The van der Waals surface area contributed by atoms with Gasteiger partial charge >= 0.3 is 0 Å². The maximum Gasteiger partial charge on any atom is 0.185 e. The van der Waals surface area contributed by atoms with E-state index in [2.05, 4.69) is 0 Å². The van der Waals surface area contributed by atoms with E-state index in [9.17, 15) is 9.90 Å². The Morgan fingerprint density at radius 1 is 1.04 bits per heavy atom. The zero-order valence-electron chi connectivity index (χ0n) is 13.2. The van der Waals surface area contributed by atoms with E-state index >= 15 is 0 Å². The minimum absolute atomic E-state index is 0.122. The molecule has 0 unspecified atom stereocenters. The van der Waals surface area contributed by atoms with Gasteiger partial charge in [0.2, 0.25) is 0 Å². The molecule has 0 aliphatic heterocycles. The van der Waals surface area contributed by atoms with E-state index in [4.69, 9.17) is 20.8 Å². The maximum atomic E-state index is 12.0. The number of phenols is 1. The summed E-state index contributed by atoms with van der Waals surface area (Å²) in [5.41, 5.74) is 0.493. The molecule has 0 atom stereocenters. The topological polar surface area (TPSA) is 59.7 Å². The van der Waals surface area contributed by atoms with Crippen molar-refractivity contribution in [2.24, 2.45) is 0 Å². The first-order valence-electron chi connectivity index (χ1n) is 7.59. The number of benzene rings is 2. The van der Waals surface area contributed by atoms with Gasteiger partial charge in [-0.3, -0.25) is 4.79 Å². The molecule has 3 rings (SSSR count). The van der Waals surface area contributed by atoms with Crippen LogP contribution in [0.5, 0.6) is 11.5 Å². The molecule has 0 aliphatic carbocycles. The van der Waals surface area contributed by atoms with Crippen molar-refractivity contribution in [1.82, 2.24) is 0 Å². The van der Waals surface area contributed by atoms with E-state index in [1.54, 1.807) is 54.6 Å². The molecule has 3 aromatic rings. The van der Waals surface area contributed by atoms with E-state index in [1.807, 2.05) is 0 Å². The van der Waals surface area contributed by atoms with Gasteiger partial charge in [-0.05, 0) is 72.8 Å². The fourth-order valence-electron chi connectivity index (χ4n) is 2.13. The molecule has 1 N–H and O–H groups in total. The Morgan fingerprint density at radius 3 is 2.48 bits per heavy atom. The summed E-state index contributed by atoms with van der Waals surface area (Å²) < 4.78 is 11.2. The summed E-state index contributed by atoms with van der Waals surface area (Å²) in [6.07, 6.45) is 3.02. The summed E-state index contributed by atoms with van der Waals surface area (Å²) in [6.45, 7) is 0.279. The molecule has 0 saturated heterocycles. The molecule has 0 aliphatic rings. The van der Waals surface area contributed by atoms with Crippen molar-refractivity contribution in [3.05, 3.63) is 88.8 Å². The predicted octanol–water partition coefficient (Wildman–Crippen LogP) is 5.11. The molecule has 5 heteroatoms. The van der Waals surface area contributed by atoms with Crippen molar-refractivity contribution >= 4 is 23.5 Å². The monoisotopic (exact) mass is 354 g/mol. The molecular weight excluding hydrogens is 340 g/mol. The van der Waals surface area contributed by atoms with Crippen LogP contribution in [0.4, 0.5) is 0 Å². The van der Waals surface area contributed by atoms with Gasteiger partial charge < -0.3 is 14.3 Å². The predicted molar refractivity (Wildman–Crippen MR) is 96.0 cm³/mol. The van der Waals surface area contributed by atoms with Gasteiger partial charge in [0.15, 0.2) is 5.78 Å². The zero-order chi connectivity index (χ0) is 17.6. The smallest absolute Gasteiger partial charge is 0.185 e. The number of hydrogen-bond donors (Lipinski definition) is 1. The number of carbonyl (C=O) groups is 1. The number of rotatable bonds is 6. The average Bonchev–Trinajstić information content (AvgIpc) is 3.08. The Hall–Kier alpha value is -2.98. The first-order chi connectivity index (χ1) is 12.1. The number of furan rings is 1. The Morgan fingerprint density at radius 2 is 1.76 bits per heavy atom. The largest absolute Gasteiger partial charge is 0.508 e. The number of ketones is 1. The number of halogens is 1. The lowest BCUT2D eigenvalue weighted by atomic mass is 10.1. The van der Waals surface area contributed by atoms with E-state index in [0.29, 0.717) is 27.9 Å². The van der Waals surface area contributed by atoms with Crippen LogP contribution in [-0.2, 0) is 6.61 Å². The summed E-state index contributed by atoms with van der Waals surface area (Å²) in [7, 11) is 0. The molecule has 0 fully saturated rings. The highest BCUT2D eigenvalue weighted by molar-refractivity contribution is 6.30. The number of carbonyl (C=O) groups excluding carboxylic acids is 1. The minimum atomic E-state index is -0.171. The minimum Gasteiger partial charge on any atom is -0.508 e. The van der Waals surface area contributed by atoms with Gasteiger partial charge in [-0.15, -0.1) is 0 Å². The second-order valence-electron chi connectivity index (χ2n) is 5.29. The highest BCUT2D eigenvalue weighted by Gasteiger charge is 2.04. The summed E-state index contributed by atoms with van der Waals surface area (Å²) >= 11 is 5.82. The zero-order valence-corrected chi connectivity index (χ0v) is 13.9. The molecule has 2 aromatic carbocycles. The van der Waals surface area contributed by atoms with Crippen LogP contribution in [-0.4, -0.2) is 10.9 Å². The van der Waals surface area contributed by atoms with Crippen molar-refractivity contribution < 1.29 is 19.1 Å². The van der Waals surface area contributed by atoms with Gasteiger partial charge in [-0.2, -0.15) is 0 Å². The third kappa shape index (κ3) is 4.75. The first-order valence-corrected chi connectivity index (χ1v) is 7.96. The molecule has 126 valence electrons. The van der Waals surface area contributed by atoms with Gasteiger partial charge in [0, 0.05) is 10.6 Å². The second kappa shape index (κ2) is 7.73. The van der Waals surface area contributed by atoms with E-state index < -0.39 is 0 Å². The quantitative estimate of drug-likeness (QED) is 0.493. The third-order valence-electron chi connectivity index (χ3n) is 3.43. The van der Waals surface area contributed by atoms with Crippen LogP contribution in [0, 0.1) is 0 Å². The van der Waals surface area contributed by atoms with E-state index in [-0.39, 0.29) is 18.1 Å². The number of aromatic hydroxyl groups is 1. The molecule has 0 radical (unpaired) electrons. The molecule has 0 amide bonds. The van der Waals surface area contributed by atoms with Gasteiger partial charge in [-0.25, -0.2) is 0 Å². The summed E-state index contributed by atoms with van der Waals surface area (Å²) in [5, 5.41) is 9.88. The molecular formula is C20H15ClO4. The van der Waals surface area contributed by atoms with Gasteiger partial charge in [-0.1, -0.05) is 11.6 Å². The van der Waals surface area contributed by atoms with Crippen LogP contribution in [0.3, 0.4) is 0 Å². The summed E-state index contributed by atoms with van der Waals surface area (Å²) in [6, 6.07) is 16.7. The lowest BCUT2D eigenvalue weighted by Crippen LogP contribution is -1.93. The van der Waals surface area contributed by atoms with Crippen LogP contribution in [0.25, 0.3) is 6.08 Å². The fourth-order valence-corrected chi connectivity index (χ4v) is 2.25. The average molecular weight is 355 g/mol. The Bertz CT molecular complexity index is 877. The van der Waals surface area contributed by atoms with Gasteiger partial charge in [0.1, 0.15) is 29.6 Å². The highest BCUT2D eigenvalue weighted by Crippen LogP contribution is 2.18. The van der Waals surface area contributed by atoms with Crippen molar-refractivity contribution in [2.75, 3.05) is 0 Å². The summed E-state index contributed by atoms with van der Waals surface area (Å²) in [5.74, 6) is 1.85. The van der Waals surface area contributed by atoms with Crippen LogP contribution < -0.4 is 4.74 Å². The molecule has 1 heterocycles. The fraction of sp³-hybridized carbons (Fsp3) is 0.0500. The molecule has 4 nitrogen and oxygen atoms in total. The van der Waals surface area contributed by atoms with Crippen LogP contribution in [0.2, 0.25) is 5.02 Å². The normalized spacial score (nSPS) is 10.9. The number of ether oxygens (including phenoxy) is 1. The number of hydrogen-bond acceptors (Lipinski definition) is 4. The van der Waals surface area contributed by atoms with Crippen LogP contribution >= 0.6 is 11.6 Å². The Balaban J connectivity index is 1.58. The molecule has 1 aromatic heterocycles. The molecule has 25 heavy (non-hydrogen) atoms.